The fourth-order valence-corrected chi connectivity index (χ4v) is 4.80. The van der Waals surface area contributed by atoms with E-state index in [0.29, 0.717) is 21.8 Å². The van der Waals surface area contributed by atoms with E-state index < -0.39 is 17.7 Å². The van der Waals surface area contributed by atoms with E-state index in [1.54, 1.807) is 48.8 Å². The Balaban J connectivity index is 1.69. The van der Waals surface area contributed by atoms with Crippen LogP contribution >= 0.6 is 11.6 Å². The molecule has 1 aromatic heterocycles. The Morgan fingerprint density at radius 1 is 1.00 bits per heavy atom. The van der Waals surface area contributed by atoms with Crippen molar-refractivity contribution in [1.29, 1.82) is 0 Å². The SMILES string of the molecule is O=C1C(=O)N(c2cccc(Cl)c2)C(c2cccnc2)/C1=C(/O)c1ccc2c(c1)CCCC2. The van der Waals surface area contributed by atoms with Crippen LogP contribution in [0.5, 0.6) is 0 Å². The third kappa shape index (κ3) is 3.49. The van der Waals surface area contributed by atoms with Crippen LogP contribution in [0, 0.1) is 0 Å². The molecule has 32 heavy (non-hydrogen) atoms. The molecule has 160 valence electrons. The van der Waals surface area contributed by atoms with Gasteiger partial charge in [-0.25, -0.2) is 0 Å². The number of amides is 1. The lowest BCUT2D eigenvalue weighted by Gasteiger charge is -2.25. The van der Waals surface area contributed by atoms with E-state index in [0.717, 1.165) is 25.7 Å². The lowest BCUT2D eigenvalue weighted by atomic mass is 9.89. The van der Waals surface area contributed by atoms with Gasteiger partial charge in [0.05, 0.1) is 11.6 Å². The van der Waals surface area contributed by atoms with Crippen molar-refractivity contribution in [3.63, 3.8) is 0 Å². The zero-order valence-corrected chi connectivity index (χ0v) is 18.0. The summed E-state index contributed by atoms with van der Waals surface area (Å²) in [6.45, 7) is 0. The van der Waals surface area contributed by atoms with Crippen molar-refractivity contribution in [2.75, 3.05) is 4.90 Å². The molecule has 5 rings (SSSR count). The number of Topliss-reactive ketones (excluding diaryl/α,β-unsaturated/α-hetero) is 1. The van der Waals surface area contributed by atoms with Crippen LogP contribution in [-0.4, -0.2) is 21.8 Å². The summed E-state index contributed by atoms with van der Waals surface area (Å²) in [5, 5.41) is 11.7. The molecule has 3 aromatic rings. The highest BCUT2D eigenvalue weighted by Gasteiger charge is 2.47. The number of anilines is 1. The number of aliphatic hydroxyl groups excluding tert-OH is 1. The minimum atomic E-state index is -0.807. The van der Waals surface area contributed by atoms with Crippen molar-refractivity contribution < 1.29 is 14.7 Å². The van der Waals surface area contributed by atoms with E-state index in [9.17, 15) is 14.7 Å². The van der Waals surface area contributed by atoms with Crippen molar-refractivity contribution in [3.8, 4) is 0 Å². The van der Waals surface area contributed by atoms with Gasteiger partial charge >= 0.3 is 0 Å². The van der Waals surface area contributed by atoms with Gasteiger partial charge in [0, 0.05) is 28.7 Å². The summed E-state index contributed by atoms with van der Waals surface area (Å²) in [7, 11) is 0. The fraction of sp³-hybridized carbons (Fsp3) is 0.192. The largest absolute Gasteiger partial charge is 0.507 e. The molecule has 0 spiro atoms. The summed E-state index contributed by atoms with van der Waals surface area (Å²) >= 11 is 6.17. The van der Waals surface area contributed by atoms with Gasteiger partial charge < -0.3 is 5.11 Å². The molecule has 0 bridgehead atoms. The first kappa shape index (κ1) is 20.5. The highest BCUT2D eigenvalue weighted by atomic mass is 35.5. The molecule has 0 saturated carbocycles. The Kier molecular flexibility index (Phi) is 5.27. The lowest BCUT2D eigenvalue weighted by Crippen LogP contribution is -2.29. The number of ketones is 1. The average molecular weight is 445 g/mol. The van der Waals surface area contributed by atoms with E-state index in [1.807, 2.05) is 18.2 Å². The summed E-state index contributed by atoms with van der Waals surface area (Å²) < 4.78 is 0. The van der Waals surface area contributed by atoms with Crippen LogP contribution in [0.25, 0.3) is 5.76 Å². The highest BCUT2D eigenvalue weighted by Crippen LogP contribution is 2.42. The molecule has 2 aliphatic rings. The number of rotatable bonds is 3. The van der Waals surface area contributed by atoms with Gasteiger partial charge in [-0.05, 0) is 72.7 Å². The smallest absolute Gasteiger partial charge is 0.300 e. The lowest BCUT2D eigenvalue weighted by molar-refractivity contribution is -0.132. The van der Waals surface area contributed by atoms with Crippen LogP contribution in [0.15, 0.2) is 72.6 Å². The normalized spacial score (nSPS) is 19.8. The second-order valence-electron chi connectivity index (χ2n) is 8.13. The topological polar surface area (TPSA) is 70.5 Å². The number of nitrogens with zero attached hydrogens (tertiary/aromatic N) is 2. The average Bonchev–Trinajstić information content (AvgIpc) is 3.09. The summed E-state index contributed by atoms with van der Waals surface area (Å²) in [6.07, 6.45) is 7.45. The van der Waals surface area contributed by atoms with Crippen LogP contribution < -0.4 is 4.90 Å². The standard InChI is InChI=1S/C26H21ClN2O3/c27-20-8-3-9-21(14-20)29-23(19-7-4-12-28-15-19)22(25(31)26(29)32)24(30)18-11-10-16-5-1-2-6-17(16)13-18/h3-4,7-15,23,30H,1-2,5-6H2/b24-22-. The number of carbonyl (C=O) groups is 2. The number of hydrogen-bond donors (Lipinski definition) is 1. The minimum Gasteiger partial charge on any atom is -0.507 e. The number of benzene rings is 2. The number of aromatic nitrogens is 1. The molecule has 6 heteroatoms. The van der Waals surface area contributed by atoms with E-state index in [4.69, 9.17) is 11.6 Å². The van der Waals surface area contributed by atoms with E-state index in [1.165, 1.54) is 16.0 Å². The maximum Gasteiger partial charge on any atom is 0.300 e. The second kappa shape index (κ2) is 8.24. The first-order valence-electron chi connectivity index (χ1n) is 10.6. The summed E-state index contributed by atoms with van der Waals surface area (Å²) in [5.41, 5.74) is 4.17. The molecule has 1 amide bonds. The maximum absolute atomic E-state index is 13.2. The minimum absolute atomic E-state index is 0.0544. The number of hydrogen-bond acceptors (Lipinski definition) is 4. The van der Waals surface area contributed by atoms with Gasteiger partial charge in [-0.2, -0.15) is 0 Å². The zero-order valence-electron chi connectivity index (χ0n) is 17.3. The Morgan fingerprint density at radius 3 is 2.56 bits per heavy atom. The van der Waals surface area contributed by atoms with Gasteiger partial charge in [0.2, 0.25) is 0 Å². The van der Waals surface area contributed by atoms with Gasteiger partial charge in [0.25, 0.3) is 11.7 Å². The highest BCUT2D eigenvalue weighted by molar-refractivity contribution is 6.51. The number of fused-ring (bicyclic) bond motifs is 1. The molecule has 1 saturated heterocycles. The predicted molar refractivity (Wildman–Crippen MR) is 124 cm³/mol. The number of aliphatic hydroxyl groups is 1. The summed E-state index contributed by atoms with van der Waals surface area (Å²) in [6, 6.07) is 15.3. The Morgan fingerprint density at radius 2 is 1.81 bits per heavy atom. The summed E-state index contributed by atoms with van der Waals surface area (Å²) in [5.74, 6) is -1.61. The van der Waals surface area contributed by atoms with Gasteiger partial charge in [0.1, 0.15) is 5.76 Å². The molecule has 1 aliphatic carbocycles. The molecule has 0 radical (unpaired) electrons. The predicted octanol–water partition coefficient (Wildman–Crippen LogP) is 5.24. The van der Waals surface area contributed by atoms with E-state index >= 15 is 0 Å². The molecular weight excluding hydrogens is 424 g/mol. The van der Waals surface area contributed by atoms with Crippen molar-refractivity contribution in [2.45, 2.75) is 31.7 Å². The molecule has 5 nitrogen and oxygen atoms in total. The van der Waals surface area contributed by atoms with Crippen LogP contribution in [0.4, 0.5) is 5.69 Å². The van der Waals surface area contributed by atoms with Gasteiger partial charge in [-0.15, -0.1) is 0 Å². The number of aryl methyl sites for hydroxylation is 2. The van der Waals surface area contributed by atoms with Crippen LogP contribution in [0.2, 0.25) is 5.02 Å². The zero-order chi connectivity index (χ0) is 22.2. The third-order valence-corrected chi connectivity index (χ3v) is 6.39. The summed E-state index contributed by atoms with van der Waals surface area (Å²) in [4.78, 5) is 31.9. The van der Waals surface area contributed by atoms with E-state index in [-0.39, 0.29) is 11.3 Å². The molecule has 1 fully saturated rings. The van der Waals surface area contributed by atoms with Crippen molar-refractivity contribution in [1.82, 2.24) is 4.98 Å². The maximum atomic E-state index is 13.2. The first-order valence-corrected chi connectivity index (χ1v) is 11.0. The van der Waals surface area contributed by atoms with Gasteiger partial charge in [0.15, 0.2) is 0 Å². The van der Waals surface area contributed by atoms with Crippen LogP contribution in [0.3, 0.4) is 0 Å². The first-order chi connectivity index (χ1) is 15.5. The molecule has 2 heterocycles. The third-order valence-electron chi connectivity index (χ3n) is 6.15. The monoisotopic (exact) mass is 444 g/mol. The quantitative estimate of drug-likeness (QED) is 0.340. The molecule has 1 atom stereocenters. The van der Waals surface area contributed by atoms with Crippen molar-refractivity contribution in [3.05, 3.63) is 99.8 Å². The van der Waals surface area contributed by atoms with Crippen molar-refractivity contribution in [2.24, 2.45) is 0 Å². The van der Waals surface area contributed by atoms with Crippen molar-refractivity contribution >= 4 is 34.7 Å². The molecule has 2 aromatic carbocycles. The second-order valence-corrected chi connectivity index (χ2v) is 8.56. The number of carbonyl (C=O) groups excluding carboxylic acids is 2. The number of halogens is 1. The fourth-order valence-electron chi connectivity index (χ4n) is 4.61. The molecule has 1 aliphatic heterocycles. The van der Waals surface area contributed by atoms with E-state index in [2.05, 4.69) is 4.98 Å². The molecule has 1 N–H and O–H groups in total. The molecular formula is C26H21ClN2O3. The number of pyridine rings is 1. The molecule has 1 unspecified atom stereocenters. The van der Waals surface area contributed by atoms with Crippen LogP contribution in [0.1, 0.15) is 41.1 Å². The van der Waals surface area contributed by atoms with Gasteiger partial charge in [-0.3, -0.25) is 19.5 Å². The Hall–Kier alpha value is -3.44. The Labute approximate surface area is 191 Å². The van der Waals surface area contributed by atoms with Gasteiger partial charge in [-0.1, -0.05) is 35.9 Å². The van der Waals surface area contributed by atoms with Crippen LogP contribution in [-0.2, 0) is 22.4 Å². The Bertz CT molecular complexity index is 1250.